The van der Waals surface area contributed by atoms with Gasteiger partial charge >= 0.3 is 5.97 Å². The van der Waals surface area contributed by atoms with Crippen LogP contribution < -0.4 is 0 Å². The van der Waals surface area contributed by atoms with E-state index >= 15 is 0 Å². The van der Waals surface area contributed by atoms with E-state index in [-0.39, 0.29) is 6.04 Å². The molecule has 0 radical (unpaired) electrons. The van der Waals surface area contributed by atoms with Crippen LogP contribution in [0, 0.1) is 0 Å². The smallest absolute Gasteiger partial charge is 0.362 e. The largest absolute Gasteiger partial charge is 0.477 e. The van der Waals surface area contributed by atoms with Crippen LogP contribution in [0.1, 0.15) is 137 Å². The van der Waals surface area contributed by atoms with Gasteiger partial charge in [0.1, 0.15) is 0 Å². The van der Waals surface area contributed by atoms with Gasteiger partial charge in [0.05, 0.1) is 19.6 Å². The van der Waals surface area contributed by atoms with E-state index in [9.17, 15) is 9.90 Å². The fraction of sp³-hybridized carbons (Fsp3) is 0.962. The zero-order valence-electron chi connectivity index (χ0n) is 20.5. The standard InChI is InChI=1S/C26H53NO2/c1-5-9-10-11-12-13-14-15-16-17-18-19-20-21-22-23-24-25(26(28)29)27(6-2,7-3)8-4/h25H,5-24H2,1-4H3/p+1. The van der Waals surface area contributed by atoms with Crippen molar-refractivity contribution >= 4 is 5.97 Å². The van der Waals surface area contributed by atoms with Gasteiger partial charge in [-0.25, -0.2) is 4.79 Å². The van der Waals surface area contributed by atoms with E-state index in [1.54, 1.807) is 0 Å². The number of nitrogens with zero attached hydrogens (tertiary/aromatic N) is 1. The highest BCUT2D eigenvalue weighted by Gasteiger charge is 2.37. The maximum absolute atomic E-state index is 11.8. The summed E-state index contributed by atoms with van der Waals surface area (Å²) in [6.07, 6.45) is 22.6. The lowest BCUT2D eigenvalue weighted by Gasteiger charge is -2.40. The van der Waals surface area contributed by atoms with Crippen molar-refractivity contribution in [1.82, 2.24) is 0 Å². The molecule has 0 aliphatic carbocycles. The molecule has 1 N–H and O–H groups in total. The van der Waals surface area contributed by atoms with Gasteiger partial charge in [0.2, 0.25) is 0 Å². The zero-order valence-corrected chi connectivity index (χ0v) is 20.5. The number of carboxylic acids is 1. The number of hydrogen-bond donors (Lipinski definition) is 1. The Bertz CT molecular complexity index is 357. The Labute approximate surface area is 183 Å². The van der Waals surface area contributed by atoms with Crippen LogP contribution in [0.3, 0.4) is 0 Å². The number of hydrogen-bond acceptors (Lipinski definition) is 1. The first kappa shape index (κ1) is 28.4. The summed E-state index contributed by atoms with van der Waals surface area (Å²) in [5.41, 5.74) is 0. The number of carboxylic acid groups (broad SMARTS) is 1. The summed E-state index contributed by atoms with van der Waals surface area (Å²) in [6.45, 7) is 11.4. The Hall–Kier alpha value is -0.570. The molecule has 3 nitrogen and oxygen atoms in total. The van der Waals surface area contributed by atoms with Gasteiger partial charge in [-0.2, -0.15) is 0 Å². The Balaban J connectivity index is 3.59. The molecule has 0 aromatic carbocycles. The van der Waals surface area contributed by atoms with E-state index in [1.165, 1.54) is 96.3 Å². The molecule has 0 amide bonds. The third-order valence-corrected chi connectivity index (χ3v) is 7.17. The molecule has 29 heavy (non-hydrogen) atoms. The summed E-state index contributed by atoms with van der Waals surface area (Å²) in [6, 6.07) is -0.221. The molecule has 0 bridgehead atoms. The highest BCUT2D eigenvalue weighted by Crippen LogP contribution is 2.20. The Morgan fingerprint density at radius 3 is 1.17 bits per heavy atom. The van der Waals surface area contributed by atoms with Crippen molar-refractivity contribution in [2.24, 2.45) is 0 Å². The molecule has 174 valence electrons. The third-order valence-electron chi connectivity index (χ3n) is 7.17. The van der Waals surface area contributed by atoms with Gasteiger partial charge in [-0.15, -0.1) is 0 Å². The summed E-state index contributed by atoms with van der Waals surface area (Å²) in [4.78, 5) is 11.8. The Morgan fingerprint density at radius 2 is 0.897 bits per heavy atom. The quantitative estimate of drug-likeness (QED) is 0.145. The van der Waals surface area contributed by atoms with Crippen LogP contribution in [0.4, 0.5) is 0 Å². The summed E-state index contributed by atoms with van der Waals surface area (Å²) in [5.74, 6) is -0.600. The molecule has 0 aromatic rings. The average Bonchev–Trinajstić information content (AvgIpc) is 2.73. The van der Waals surface area contributed by atoms with Crippen LogP contribution in [0.15, 0.2) is 0 Å². The first-order valence-corrected chi connectivity index (χ1v) is 13.2. The monoisotopic (exact) mass is 412 g/mol. The van der Waals surface area contributed by atoms with Crippen LogP contribution in [0.25, 0.3) is 0 Å². The van der Waals surface area contributed by atoms with E-state index in [0.717, 1.165) is 37.0 Å². The second-order valence-corrected chi connectivity index (χ2v) is 9.11. The molecule has 0 saturated carbocycles. The predicted molar refractivity (Wildman–Crippen MR) is 127 cm³/mol. The number of rotatable bonds is 22. The lowest BCUT2D eigenvalue weighted by molar-refractivity contribution is -0.939. The molecule has 0 aromatic heterocycles. The average molecular weight is 413 g/mol. The van der Waals surface area contributed by atoms with Crippen LogP contribution in [-0.4, -0.2) is 41.2 Å². The summed E-state index contributed by atoms with van der Waals surface area (Å²) < 4.78 is 0.730. The summed E-state index contributed by atoms with van der Waals surface area (Å²) >= 11 is 0. The van der Waals surface area contributed by atoms with E-state index in [0.29, 0.717) is 0 Å². The first-order valence-electron chi connectivity index (χ1n) is 13.2. The topological polar surface area (TPSA) is 37.3 Å². The molecule has 1 atom stereocenters. The predicted octanol–water partition coefficient (Wildman–Crippen LogP) is 7.97. The van der Waals surface area contributed by atoms with Crippen LogP contribution >= 0.6 is 0 Å². The second-order valence-electron chi connectivity index (χ2n) is 9.11. The molecule has 0 aliphatic heterocycles. The lowest BCUT2D eigenvalue weighted by atomic mass is 10.0. The zero-order chi connectivity index (χ0) is 21.8. The molecule has 0 aliphatic rings. The number of carbonyl (C=O) groups is 1. The number of likely N-dealkylation sites (N-methyl/N-ethyl adjacent to an activating group) is 1. The van der Waals surface area contributed by atoms with Crippen LogP contribution in [0.5, 0.6) is 0 Å². The highest BCUT2D eigenvalue weighted by atomic mass is 16.4. The summed E-state index contributed by atoms with van der Waals surface area (Å²) in [7, 11) is 0. The van der Waals surface area contributed by atoms with E-state index in [4.69, 9.17) is 0 Å². The van der Waals surface area contributed by atoms with Gasteiger partial charge in [-0.3, -0.25) is 0 Å². The molecule has 0 rings (SSSR count). The number of quaternary nitrogens is 1. The van der Waals surface area contributed by atoms with Crippen molar-refractivity contribution in [3.8, 4) is 0 Å². The summed E-state index contributed by atoms with van der Waals surface area (Å²) in [5, 5.41) is 9.71. The first-order chi connectivity index (χ1) is 14.1. The minimum Gasteiger partial charge on any atom is -0.477 e. The SMILES string of the molecule is CCCCCCCCCCCCCCCCCCC(C(=O)O)[N+](CC)(CC)CC. The molecule has 0 heterocycles. The molecule has 3 heteroatoms. The van der Waals surface area contributed by atoms with E-state index < -0.39 is 5.97 Å². The fourth-order valence-electron chi connectivity index (χ4n) is 4.85. The van der Waals surface area contributed by atoms with Crippen LogP contribution in [0.2, 0.25) is 0 Å². The van der Waals surface area contributed by atoms with Crippen molar-refractivity contribution in [3.63, 3.8) is 0 Å². The normalized spacial score (nSPS) is 13.0. The third kappa shape index (κ3) is 13.4. The van der Waals surface area contributed by atoms with E-state index in [1.807, 2.05) is 0 Å². The van der Waals surface area contributed by atoms with Gasteiger partial charge in [0.15, 0.2) is 6.04 Å². The lowest BCUT2D eigenvalue weighted by Crippen LogP contribution is -2.58. The van der Waals surface area contributed by atoms with E-state index in [2.05, 4.69) is 27.7 Å². The van der Waals surface area contributed by atoms with Gasteiger partial charge in [0, 0.05) is 6.42 Å². The molecule has 0 fully saturated rings. The van der Waals surface area contributed by atoms with Crippen molar-refractivity contribution in [2.75, 3.05) is 19.6 Å². The molecular formula is C26H54NO2+. The van der Waals surface area contributed by atoms with Gasteiger partial charge in [-0.05, 0) is 27.2 Å². The highest BCUT2D eigenvalue weighted by molar-refractivity contribution is 5.72. The van der Waals surface area contributed by atoms with Crippen molar-refractivity contribution < 1.29 is 14.4 Å². The maximum atomic E-state index is 11.8. The van der Waals surface area contributed by atoms with Crippen molar-refractivity contribution in [1.29, 1.82) is 0 Å². The van der Waals surface area contributed by atoms with Crippen molar-refractivity contribution in [2.45, 2.75) is 143 Å². The molecule has 0 spiro atoms. The van der Waals surface area contributed by atoms with Crippen LogP contribution in [-0.2, 0) is 4.79 Å². The maximum Gasteiger partial charge on any atom is 0.362 e. The minimum absolute atomic E-state index is 0.221. The fourth-order valence-corrected chi connectivity index (χ4v) is 4.85. The van der Waals surface area contributed by atoms with Gasteiger partial charge in [0.25, 0.3) is 0 Å². The molecule has 1 unspecified atom stereocenters. The number of aliphatic carboxylic acids is 1. The molecule has 0 saturated heterocycles. The Kier molecular flexibility index (Phi) is 19.0. The Morgan fingerprint density at radius 1 is 0.586 bits per heavy atom. The van der Waals surface area contributed by atoms with Gasteiger partial charge < -0.3 is 9.59 Å². The minimum atomic E-state index is -0.600. The van der Waals surface area contributed by atoms with Gasteiger partial charge in [-0.1, -0.05) is 103 Å². The molecular weight excluding hydrogens is 358 g/mol. The van der Waals surface area contributed by atoms with Crippen molar-refractivity contribution in [3.05, 3.63) is 0 Å². The second kappa shape index (κ2) is 19.4. The number of unbranched alkanes of at least 4 members (excludes halogenated alkanes) is 15.